The maximum Gasteiger partial charge on any atom is 0.240 e. The first-order valence-electron chi connectivity index (χ1n) is 9.08. The lowest BCUT2D eigenvalue weighted by Crippen LogP contribution is -2.39. The van der Waals surface area contributed by atoms with E-state index in [2.05, 4.69) is 9.62 Å². The molecule has 1 fully saturated rings. The molecule has 1 atom stereocenters. The Hall–Kier alpha value is -1.70. The molecule has 3 rings (SSSR count). The Morgan fingerprint density at radius 1 is 1.08 bits per heavy atom. The molecular weight excluding hydrogens is 353 g/mol. The smallest absolute Gasteiger partial charge is 0.240 e. The van der Waals surface area contributed by atoms with Crippen LogP contribution in [0.4, 0.5) is 4.39 Å². The summed E-state index contributed by atoms with van der Waals surface area (Å²) in [5.74, 6) is -0.449. The van der Waals surface area contributed by atoms with E-state index in [-0.39, 0.29) is 17.5 Å². The van der Waals surface area contributed by atoms with Crippen molar-refractivity contribution in [2.75, 3.05) is 19.6 Å². The van der Waals surface area contributed by atoms with Gasteiger partial charge in [0.2, 0.25) is 10.0 Å². The average Bonchev–Trinajstić information content (AvgIpc) is 2.86. The van der Waals surface area contributed by atoms with Crippen LogP contribution in [0.3, 0.4) is 0 Å². The molecule has 2 heterocycles. The lowest BCUT2D eigenvalue weighted by molar-refractivity contribution is 0.199. The maximum absolute atomic E-state index is 13.1. The van der Waals surface area contributed by atoms with Crippen molar-refractivity contribution < 1.29 is 12.8 Å². The largest absolute Gasteiger partial charge is 0.353 e. The Labute approximate surface area is 154 Å². The molecule has 1 aromatic carbocycles. The second kappa shape index (κ2) is 8.33. The van der Waals surface area contributed by atoms with Crippen molar-refractivity contribution >= 4 is 10.0 Å². The molecule has 0 spiro atoms. The third-order valence-electron chi connectivity index (χ3n) is 5.00. The van der Waals surface area contributed by atoms with Crippen LogP contribution in [0.5, 0.6) is 0 Å². The quantitative estimate of drug-likeness (QED) is 0.839. The molecule has 0 saturated carbocycles. The van der Waals surface area contributed by atoms with E-state index >= 15 is 0 Å². The number of halogens is 1. The van der Waals surface area contributed by atoms with Gasteiger partial charge in [0, 0.05) is 25.5 Å². The van der Waals surface area contributed by atoms with Gasteiger partial charge in [-0.15, -0.1) is 0 Å². The Bertz CT molecular complexity index is 810. The van der Waals surface area contributed by atoms with Gasteiger partial charge < -0.3 is 4.57 Å². The van der Waals surface area contributed by atoms with Gasteiger partial charge in [0.05, 0.1) is 10.9 Å². The molecule has 26 heavy (non-hydrogen) atoms. The predicted molar refractivity (Wildman–Crippen MR) is 99.8 cm³/mol. The number of aromatic nitrogens is 1. The summed E-state index contributed by atoms with van der Waals surface area (Å²) in [6, 6.07) is 8.91. The Kier molecular flexibility index (Phi) is 6.11. The van der Waals surface area contributed by atoms with Crippen LogP contribution in [0.25, 0.3) is 0 Å². The summed E-state index contributed by atoms with van der Waals surface area (Å²) in [7, 11) is -1.70. The topological polar surface area (TPSA) is 54.3 Å². The van der Waals surface area contributed by atoms with Crippen LogP contribution in [-0.2, 0) is 17.1 Å². The highest BCUT2D eigenvalue weighted by atomic mass is 32.2. The summed E-state index contributed by atoms with van der Waals surface area (Å²) in [4.78, 5) is 2.45. The molecule has 0 amide bonds. The van der Waals surface area contributed by atoms with E-state index in [4.69, 9.17) is 0 Å². The number of sulfonamides is 1. The maximum atomic E-state index is 13.1. The summed E-state index contributed by atoms with van der Waals surface area (Å²) in [5.41, 5.74) is 1.09. The van der Waals surface area contributed by atoms with Crippen LogP contribution in [0.1, 0.15) is 37.4 Å². The Morgan fingerprint density at radius 3 is 2.31 bits per heavy atom. The Morgan fingerprint density at radius 2 is 1.73 bits per heavy atom. The zero-order valence-corrected chi connectivity index (χ0v) is 15.9. The molecule has 1 aromatic heterocycles. The van der Waals surface area contributed by atoms with Gasteiger partial charge in [-0.1, -0.05) is 12.8 Å². The van der Waals surface area contributed by atoms with E-state index < -0.39 is 15.8 Å². The number of rotatable bonds is 6. The minimum atomic E-state index is -3.68. The molecule has 1 aliphatic rings. The molecule has 0 aliphatic carbocycles. The number of likely N-dealkylation sites (tertiary alicyclic amines) is 1. The molecule has 1 saturated heterocycles. The van der Waals surface area contributed by atoms with Gasteiger partial charge in [0.15, 0.2) is 0 Å². The number of nitrogens with zero attached hydrogens (tertiary/aromatic N) is 2. The standard InChI is InChI=1S/C19H26FN3O2S/c1-22-12-6-7-18(22)19(23-13-4-2-3-5-14-23)15-21-26(24,25)17-10-8-16(20)9-11-17/h6-12,19,21H,2-5,13-15H2,1H3/t19-/m0/s1. The summed E-state index contributed by atoms with van der Waals surface area (Å²) >= 11 is 0. The second-order valence-corrected chi connectivity index (χ2v) is 8.58. The normalized spacial score (nSPS) is 17.8. The van der Waals surface area contributed by atoms with E-state index in [0.29, 0.717) is 0 Å². The zero-order valence-electron chi connectivity index (χ0n) is 15.1. The summed E-state index contributed by atoms with van der Waals surface area (Å²) in [6.07, 6.45) is 6.68. The third kappa shape index (κ3) is 4.52. The molecule has 0 bridgehead atoms. The third-order valence-corrected chi connectivity index (χ3v) is 6.44. The first-order valence-corrected chi connectivity index (χ1v) is 10.6. The van der Waals surface area contributed by atoms with E-state index in [0.717, 1.165) is 43.8 Å². The van der Waals surface area contributed by atoms with Crippen LogP contribution < -0.4 is 4.72 Å². The molecule has 1 N–H and O–H groups in total. The van der Waals surface area contributed by atoms with Crippen molar-refractivity contribution in [3.8, 4) is 0 Å². The highest BCUT2D eigenvalue weighted by Crippen LogP contribution is 2.24. The van der Waals surface area contributed by atoms with E-state index in [1.165, 1.54) is 25.0 Å². The van der Waals surface area contributed by atoms with Crippen LogP contribution in [-0.4, -0.2) is 37.5 Å². The lowest BCUT2D eigenvalue weighted by Gasteiger charge is -2.31. The monoisotopic (exact) mass is 379 g/mol. The van der Waals surface area contributed by atoms with Crippen molar-refractivity contribution in [2.45, 2.75) is 36.6 Å². The highest BCUT2D eigenvalue weighted by Gasteiger charge is 2.25. The minimum absolute atomic E-state index is 0.0247. The summed E-state index contributed by atoms with van der Waals surface area (Å²) < 4.78 is 43.0. The average molecular weight is 380 g/mol. The van der Waals surface area contributed by atoms with Gasteiger partial charge >= 0.3 is 0 Å². The minimum Gasteiger partial charge on any atom is -0.353 e. The van der Waals surface area contributed by atoms with E-state index in [9.17, 15) is 12.8 Å². The van der Waals surface area contributed by atoms with Gasteiger partial charge in [0.25, 0.3) is 0 Å². The molecule has 0 unspecified atom stereocenters. The van der Waals surface area contributed by atoms with Gasteiger partial charge in [-0.05, 0) is 62.3 Å². The van der Waals surface area contributed by atoms with Gasteiger partial charge in [0.1, 0.15) is 5.82 Å². The Balaban J connectivity index is 1.79. The van der Waals surface area contributed by atoms with Gasteiger partial charge in [-0.25, -0.2) is 17.5 Å². The second-order valence-electron chi connectivity index (χ2n) is 6.82. The van der Waals surface area contributed by atoms with Gasteiger partial charge in [-0.3, -0.25) is 4.90 Å². The number of nitrogens with one attached hydrogen (secondary N) is 1. The van der Waals surface area contributed by atoms with Crippen molar-refractivity contribution in [3.63, 3.8) is 0 Å². The van der Waals surface area contributed by atoms with Crippen LogP contribution >= 0.6 is 0 Å². The SMILES string of the molecule is Cn1cccc1[C@H](CNS(=O)(=O)c1ccc(F)cc1)N1CCCCCC1. The first kappa shape index (κ1) is 19.1. The number of hydrogen-bond donors (Lipinski definition) is 1. The van der Waals surface area contributed by atoms with Gasteiger partial charge in [-0.2, -0.15) is 0 Å². The molecular formula is C19H26FN3O2S. The van der Waals surface area contributed by atoms with E-state index in [1.54, 1.807) is 0 Å². The van der Waals surface area contributed by atoms with Crippen LogP contribution in [0.2, 0.25) is 0 Å². The lowest BCUT2D eigenvalue weighted by atomic mass is 10.1. The fraction of sp³-hybridized carbons (Fsp3) is 0.474. The molecule has 142 valence electrons. The zero-order chi connectivity index (χ0) is 18.6. The fourth-order valence-corrected chi connectivity index (χ4v) is 4.57. The van der Waals surface area contributed by atoms with Crippen molar-refractivity contribution in [3.05, 3.63) is 54.1 Å². The van der Waals surface area contributed by atoms with Crippen molar-refractivity contribution in [1.82, 2.24) is 14.2 Å². The summed E-state index contributed by atoms with van der Waals surface area (Å²) in [6.45, 7) is 2.22. The van der Waals surface area contributed by atoms with Crippen molar-refractivity contribution in [2.24, 2.45) is 7.05 Å². The van der Waals surface area contributed by atoms with Crippen LogP contribution in [0.15, 0.2) is 47.5 Å². The van der Waals surface area contributed by atoms with Crippen LogP contribution in [0, 0.1) is 5.82 Å². The van der Waals surface area contributed by atoms with E-state index in [1.807, 2.05) is 29.9 Å². The molecule has 5 nitrogen and oxygen atoms in total. The first-order chi connectivity index (χ1) is 12.5. The van der Waals surface area contributed by atoms with Crippen molar-refractivity contribution in [1.29, 1.82) is 0 Å². The predicted octanol–water partition coefficient (Wildman–Crippen LogP) is 3.06. The fourth-order valence-electron chi connectivity index (χ4n) is 3.53. The number of benzene rings is 1. The number of aryl methyl sites for hydroxylation is 1. The molecule has 0 radical (unpaired) electrons. The molecule has 7 heteroatoms. The molecule has 2 aromatic rings. The number of hydrogen-bond acceptors (Lipinski definition) is 3. The molecule has 1 aliphatic heterocycles. The summed E-state index contributed by atoms with van der Waals surface area (Å²) in [5, 5.41) is 0. The highest BCUT2D eigenvalue weighted by molar-refractivity contribution is 7.89.